The van der Waals surface area contributed by atoms with Crippen LogP contribution in [0.3, 0.4) is 0 Å². The molecule has 0 spiro atoms. The molecule has 0 aliphatic heterocycles. The van der Waals surface area contributed by atoms with E-state index in [0.29, 0.717) is 12.6 Å². The van der Waals surface area contributed by atoms with Gasteiger partial charge in [0.1, 0.15) is 0 Å². The Kier molecular flexibility index (Phi) is 5.61. The summed E-state index contributed by atoms with van der Waals surface area (Å²) in [6, 6.07) is 12.6. The lowest BCUT2D eigenvalue weighted by Crippen LogP contribution is -2.37. The summed E-state index contributed by atoms with van der Waals surface area (Å²) < 4.78 is 10.8. The van der Waals surface area contributed by atoms with Crippen molar-refractivity contribution in [3.63, 3.8) is 0 Å². The van der Waals surface area contributed by atoms with E-state index in [4.69, 9.17) is 9.47 Å². The SMILES string of the molecule is COc1cc2c(cc1OC)CC(NCC(O)c1ccc(C)cc1)CC2. The molecule has 0 radical (unpaired) electrons. The Balaban J connectivity index is 1.62. The Hall–Kier alpha value is -2.04. The normalized spacial score (nSPS) is 17.7. The Morgan fingerprint density at radius 2 is 1.72 bits per heavy atom. The minimum Gasteiger partial charge on any atom is -0.493 e. The number of benzene rings is 2. The number of aliphatic hydroxyl groups is 1. The summed E-state index contributed by atoms with van der Waals surface area (Å²) in [5, 5.41) is 13.9. The molecule has 2 atom stereocenters. The van der Waals surface area contributed by atoms with Crippen molar-refractivity contribution in [3.8, 4) is 11.5 Å². The summed E-state index contributed by atoms with van der Waals surface area (Å²) >= 11 is 0. The molecule has 0 heterocycles. The second kappa shape index (κ2) is 7.89. The van der Waals surface area contributed by atoms with E-state index >= 15 is 0 Å². The van der Waals surface area contributed by atoms with Gasteiger partial charge in [0.25, 0.3) is 0 Å². The van der Waals surface area contributed by atoms with Gasteiger partial charge in [-0.25, -0.2) is 0 Å². The fourth-order valence-corrected chi connectivity index (χ4v) is 3.44. The van der Waals surface area contributed by atoms with Gasteiger partial charge < -0.3 is 19.9 Å². The van der Waals surface area contributed by atoms with Crippen molar-refractivity contribution >= 4 is 0 Å². The van der Waals surface area contributed by atoms with Gasteiger partial charge in [0, 0.05) is 12.6 Å². The molecule has 0 saturated heterocycles. The van der Waals surface area contributed by atoms with Crippen molar-refractivity contribution in [2.24, 2.45) is 0 Å². The van der Waals surface area contributed by atoms with Gasteiger partial charge in [-0.15, -0.1) is 0 Å². The van der Waals surface area contributed by atoms with E-state index in [-0.39, 0.29) is 0 Å². The van der Waals surface area contributed by atoms with Crippen LogP contribution in [-0.4, -0.2) is 31.9 Å². The molecule has 2 aromatic rings. The summed E-state index contributed by atoms with van der Waals surface area (Å²) in [5.41, 5.74) is 4.79. The van der Waals surface area contributed by atoms with Crippen LogP contribution in [0.4, 0.5) is 0 Å². The molecule has 0 aromatic heterocycles. The molecular formula is C21H27NO3. The third kappa shape index (κ3) is 4.14. The fraction of sp³-hybridized carbons (Fsp3) is 0.429. The van der Waals surface area contributed by atoms with Gasteiger partial charge in [-0.3, -0.25) is 0 Å². The molecule has 0 amide bonds. The minimum absolute atomic E-state index is 0.366. The van der Waals surface area contributed by atoms with Crippen LogP contribution in [0.15, 0.2) is 36.4 Å². The zero-order chi connectivity index (χ0) is 17.8. The van der Waals surface area contributed by atoms with Gasteiger partial charge in [0.05, 0.1) is 20.3 Å². The molecule has 3 rings (SSSR count). The maximum atomic E-state index is 10.4. The third-order valence-corrected chi connectivity index (χ3v) is 5.00. The second-order valence-corrected chi connectivity index (χ2v) is 6.75. The predicted molar refractivity (Wildman–Crippen MR) is 99.5 cm³/mol. The maximum absolute atomic E-state index is 10.4. The molecule has 2 unspecified atom stereocenters. The first-order valence-electron chi connectivity index (χ1n) is 8.82. The molecule has 0 saturated carbocycles. The zero-order valence-corrected chi connectivity index (χ0v) is 15.2. The van der Waals surface area contributed by atoms with Crippen LogP contribution in [0, 0.1) is 6.92 Å². The topological polar surface area (TPSA) is 50.7 Å². The van der Waals surface area contributed by atoms with Crippen LogP contribution in [-0.2, 0) is 12.8 Å². The first kappa shape index (κ1) is 17.8. The first-order valence-corrected chi connectivity index (χ1v) is 8.82. The quantitative estimate of drug-likeness (QED) is 0.847. The van der Waals surface area contributed by atoms with Gasteiger partial charge in [-0.1, -0.05) is 29.8 Å². The highest BCUT2D eigenvalue weighted by Crippen LogP contribution is 2.34. The van der Waals surface area contributed by atoms with E-state index < -0.39 is 6.10 Å². The van der Waals surface area contributed by atoms with Crippen molar-refractivity contribution in [2.75, 3.05) is 20.8 Å². The first-order chi connectivity index (χ1) is 12.1. The van der Waals surface area contributed by atoms with Gasteiger partial charge in [-0.05, 0) is 55.0 Å². The van der Waals surface area contributed by atoms with Gasteiger partial charge in [-0.2, -0.15) is 0 Å². The molecule has 1 aliphatic rings. The number of ether oxygens (including phenoxy) is 2. The number of rotatable bonds is 6. The lowest BCUT2D eigenvalue weighted by Gasteiger charge is -2.27. The minimum atomic E-state index is -0.479. The van der Waals surface area contributed by atoms with E-state index in [1.165, 1.54) is 16.7 Å². The predicted octanol–water partition coefficient (Wildman–Crippen LogP) is 3.19. The highest BCUT2D eigenvalue weighted by Gasteiger charge is 2.21. The number of methoxy groups -OCH3 is 2. The van der Waals surface area contributed by atoms with E-state index in [1.807, 2.05) is 24.3 Å². The lowest BCUT2D eigenvalue weighted by atomic mass is 9.87. The van der Waals surface area contributed by atoms with Gasteiger partial charge >= 0.3 is 0 Å². The van der Waals surface area contributed by atoms with Gasteiger partial charge in [0.15, 0.2) is 11.5 Å². The summed E-state index contributed by atoms with van der Waals surface area (Å²) in [4.78, 5) is 0. The molecule has 2 aromatic carbocycles. The summed E-state index contributed by atoms with van der Waals surface area (Å²) in [6.07, 6.45) is 2.53. The summed E-state index contributed by atoms with van der Waals surface area (Å²) in [5.74, 6) is 1.57. The summed E-state index contributed by atoms with van der Waals surface area (Å²) in [7, 11) is 3.34. The van der Waals surface area contributed by atoms with E-state index in [1.54, 1.807) is 14.2 Å². The molecule has 134 valence electrons. The molecule has 0 bridgehead atoms. The Labute approximate surface area is 149 Å². The number of nitrogens with one attached hydrogen (secondary N) is 1. The molecule has 4 heteroatoms. The monoisotopic (exact) mass is 341 g/mol. The zero-order valence-electron chi connectivity index (χ0n) is 15.2. The molecule has 25 heavy (non-hydrogen) atoms. The van der Waals surface area contributed by atoms with Crippen LogP contribution in [0.1, 0.15) is 34.8 Å². The standard InChI is InChI=1S/C21H27NO3/c1-14-4-6-15(7-5-14)19(23)13-22-18-9-8-16-11-20(24-2)21(25-3)12-17(16)10-18/h4-7,11-12,18-19,22-23H,8-10,13H2,1-3H3. The number of hydrogen-bond acceptors (Lipinski definition) is 4. The van der Waals surface area contributed by atoms with Crippen molar-refractivity contribution < 1.29 is 14.6 Å². The molecule has 4 nitrogen and oxygen atoms in total. The average Bonchev–Trinajstić information content (AvgIpc) is 2.65. The van der Waals surface area contributed by atoms with Crippen LogP contribution in [0.2, 0.25) is 0 Å². The number of hydrogen-bond donors (Lipinski definition) is 2. The highest BCUT2D eigenvalue weighted by atomic mass is 16.5. The Bertz CT molecular complexity index is 712. The van der Waals surface area contributed by atoms with Crippen molar-refractivity contribution in [1.29, 1.82) is 0 Å². The van der Waals surface area contributed by atoms with Gasteiger partial charge in [0.2, 0.25) is 0 Å². The van der Waals surface area contributed by atoms with E-state index in [2.05, 4.69) is 24.4 Å². The maximum Gasteiger partial charge on any atom is 0.161 e. The van der Waals surface area contributed by atoms with E-state index in [0.717, 1.165) is 36.3 Å². The number of aliphatic hydroxyl groups excluding tert-OH is 1. The van der Waals surface area contributed by atoms with Crippen LogP contribution < -0.4 is 14.8 Å². The smallest absolute Gasteiger partial charge is 0.161 e. The average molecular weight is 341 g/mol. The number of aryl methyl sites for hydroxylation is 2. The number of fused-ring (bicyclic) bond motifs is 1. The van der Waals surface area contributed by atoms with Crippen LogP contribution >= 0.6 is 0 Å². The Morgan fingerprint density at radius 1 is 1.08 bits per heavy atom. The van der Waals surface area contributed by atoms with Crippen molar-refractivity contribution in [1.82, 2.24) is 5.32 Å². The summed E-state index contributed by atoms with van der Waals surface area (Å²) in [6.45, 7) is 2.62. The molecule has 0 fully saturated rings. The van der Waals surface area contributed by atoms with Crippen molar-refractivity contribution in [3.05, 3.63) is 58.7 Å². The fourth-order valence-electron chi connectivity index (χ4n) is 3.44. The van der Waals surface area contributed by atoms with Crippen molar-refractivity contribution in [2.45, 2.75) is 38.3 Å². The highest BCUT2D eigenvalue weighted by molar-refractivity contribution is 5.48. The lowest BCUT2D eigenvalue weighted by molar-refractivity contribution is 0.168. The van der Waals surface area contributed by atoms with Crippen LogP contribution in [0.25, 0.3) is 0 Å². The Morgan fingerprint density at radius 3 is 2.36 bits per heavy atom. The van der Waals surface area contributed by atoms with Crippen LogP contribution in [0.5, 0.6) is 11.5 Å². The second-order valence-electron chi connectivity index (χ2n) is 6.75. The molecule has 1 aliphatic carbocycles. The largest absolute Gasteiger partial charge is 0.493 e. The molecular weight excluding hydrogens is 314 g/mol. The third-order valence-electron chi connectivity index (χ3n) is 5.00. The molecule has 2 N–H and O–H groups in total. The van der Waals surface area contributed by atoms with E-state index in [9.17, 15) is 5.11 Å².